The van der Waals surface area contributed by atoms with Crippen LogP contribution in [0.2, 0.25) is 0 Å². The van der Waals surface area contributed by atoms with Crippen molar-refractivity contribution < 1.29 is 38.6 Å². The third-order valence-electron chi connectivity index (χ3n) is 8.08. The molecule has 0 radical (unpaired) electrons. The highest BCUT2D eigenvalue weighted by Gasteiger charge is 2.76. The summed E-state index contributed by atoms with van der Waals surface area (Å²) in [5, 5.41) is 10.6. The number of ether oxygens (including phenoxy) is 2. The zero-order valence-electron chi connectivity index (χ0n) is 20.2. The lowest BCUT2D eigenvalue weighted by atomic mass is 9.56. The van der Waals surface area contributed by atoms with E-state index in [0.717, 1.165) is 12.0 Å². The van der Waals surface area contributed by atoms with Gasteiger partial charge in [0.15, 0.2) is 21.2 Å². The van der Waals surface area contributed by atoms with Gasteiger partial charge in [0.05, 0.1) is 36.0 Å². The molecule has 6 atom stereocenters. The predicted octanol–water partition coefficient (Wildman–Crippen LogP) is 4.40. The Hall–Kier alpha value is -1.67. The average Bonchev–Trinajstić information content (AvgIpc) is 3.25. The standard InChI is InChI=1S/C24H19Br3Cl2N2O8/c1-38-12-5-10(15(26)16(27)17(12)32)14-8-3-4-9-13(19(34)31(18(9)33)22(37)39-2)11(8)6-23(28)20(35)30(7-25)21(36)24(14,23)29/h3,5,9,11,13-14,32H,4,6-7H2,1-2H3/t9-,11+,13-,14+,23+,24-/m0/s1. The molecular formula is C24H19Br3Cl2N2O8. The van der Waals surface area contributed by atoms with Crippen LogP contribution in [0.3, 0.4) is 0 Å². The van der Waals surface area contributed by atoms with E-state index in [-0.39, 0.29) is 34.3 Å². The van der Waals surface area contributed by atoms with E-state index in [1.807, 2.05) is 0 Å². The van der Waals surface area contributed by atoms with Gasteiger partial charge < -0.3 is 14.6 Å². The molecule has 2 aliphatic carbocycles. The molecule has 2 aliphatic heterocycles. The van der Waals surface area contributed by atoms with E-state index in [4.69, 9.17) is 27.9 Å². The summed E-state index contributed by atoms with van der Waals surface area (Å²) in [6.07, 6.45) is 0.453. The largest absolute Gasteiger partial charge is 0.503 e. The first-order valence-corrected chi connectivity index (χ1v) is 15.0. The number of phenols is 1. The van der Waals surface area contributed by atoms with E-state index in [1.165, 1.54) is 13.2 Å². The Bertz CT molecular complexity index is 1410. The quantitative estimate of drug-likeness (QED) is 0.207. The number of hydrogen-bond donors (Lipinski definition) is 1. The minimum atomic E-state index is -2.05. The first-order valence-electron chi connectivity index (χ1n) is 11.5. The van der Waals surface area contributed by atoms with Crippen molar-refractivity contribution in [2.75, 3.05) is 19.7 Å². The fourth-order valence-corrected chi connectivity index (χ4v) is 8.72. The predicted molar refractivity (Wildman–Crippen MR) is 148 cm³/mol. The van der Waals surface area contributed by atoms with Gasteiger partial charge in [-0.05, 0) is 62.2 Å². The molecule has 39 heavy (non-hydrogen) atoms. The van der Waals surface area contributed by atoms with Gasteiger partial charge in [0.25, 0.3) is 11.8 Å². The van der Waals surface area contributed by atoms with Gasteiger partial charge in [-0.2, -0.15) is 4.90 Å². The van der Waals surface area contributed by atoms with Crippen molar-refractivity contribution in [2.45, 2.75) is 28.5 Å². The highest BCUT2D eigenvalue weighted by atomic mass is 79.9. The van der Waals surface area contributed by atoms with Gasteiger partial charge in [-0.3, -0.25) is 24.1 Å². The molecule has 1 saturated carbocycles. The maximum Gasteiger partial charge on any atom is 0.423 e. The van der Waals surface area contributed by atoms with E-state index in [9.17, 15) is 29.1 Å². The highest BCUT2D eigenvalue weighted by Crippen LogP contribution is 2.66. The van der Waals surface area contributed by atoms with Gasteiger partial charge in [0, 0.05) is 10.4 Å². The number of imide groups is 4. The smallest absolute Gasteiger partial charge is 0.423 e. The summed E-state index contributed by atoms with van der Waals surface area (Å²) in [7, 11) is 2.41. The molecule has 2 saturated heterocycles. The van der Waals surface area contributed by atoms with Crippen molar-refractivity contribution in [3.05, 3.63) is 32.2 Å². The van der Waals surface area contributed by atoms with Crippen molar-refractivity contribution in [3.63, 3.8) is 0 Å². The molecule has 1 aromatic carbocycles. The normalized spacial score (nSPS) is 33.6. The van der Waals surface area contributed by atoms with Gasteiger partial charge >= 0.3 is 6.09 Å². The number of methoxy groups -OCH3 is 2. The molecule has 0 spiro atoms. The number of likely N-dealkylation sites (tertiary alicyclic amines) is 2. The van der Waals surface area contributed by atoms with Crippen molar-refractivity contribution in [2.24, 2.45) is 17.8 Å². The van der Waals surface area contributed by atoms with Crippen molar-refractivity contribution in [1.82, 2.24) is 9.80 Å². The molecule has 1 N–H and O–H groups in total. The molecule has 15 heteroatoms. The number of phenolic OH excluding ortho intramolecular Hbond substituents is 1. The summed E-state index contributed by atoms with van der Waals surface area (Å²) in [5.41, 5.74) is 0.686. The zero-order chi connectivity index (χ0) is 28.8. The Morgan fingerprint density at radius 2 is 1.77 bits per heavy atom. The number of allylic oxidation sites excluding steroid dienone is 2. The topological polar surface area (TPSA) is 131 Å². The van der Waals surface area contributed by atoms with E-state index in [0.29, 0.717) is 20.5 Å². The molecule has 10 nitrogen and oxygen atoms in total. The summed E-state index contributed by atoms with van der Waals surface area (Å²) in [4.78, 5) is 63.8. The molecule has 0 unspecified atom stereocenters. The zero-order valence-corrected chi connectivity index (χ0v) is 26.4. The molecular weight excluding hydrogens is 755 g/mol. The van der Waals surface area contributed by atoms with E-state index >= 15 is 0 Å². The molecule has 0 bridgehead atoms. The Balaban J connectivity index is 1.78. The lowest BCUT2D eigenvalue weighted by molar-refractivity contribution is -0.140. The Morgan fingerprint density at radius 1 is 1.10 bits per heavy atom. The van der Waals surface area contributed by atoms with Gasteiger partial charge in [-0.1, -0.05) is 27.6 Å². The molecule has 4 aliphatic rings. The fourth-order valence-electron chi connectivity index (χ4n) is 6.35. The van der Waals surface area contributed by atoms with Gasteiger partial charge in [0.1, 0.15) is 0 Å². The summed E-state index contributed by atoms with van der Waals surface area (Å²) >= 11 is 24.3. The van der Waals surface area contributed by atoms with Crippen LogP contribution in [-0.2, 0) is 23.9 Å². The van der Waals surface area contributed by atoms with Crippen molar-refractivity contribution in [3.8, 4) is 11.5 Å². The number of rotatable bonds is 3. The molecule has 208 valence electrons. The summed E-state index contributed by atoms with van der Waals surface area (Å²) in [6.45, 7) is 0. The number of halogens is 5. The number of aromatic hydroxyl groups is 1. The Morgan fingerprint density at radius 3 is 2.36 bits per heavy atom. The minimum absolute atomic E-state index is 0.0510. The Labute approximate surface area is 257 Å². The minimum Gasteiger partial charge on any atom is -0.503 e. The summed E-state index contributed by atoms with van der Waals surface area (Å²) in [5.74, 6) is -7.02. The maximum absolute atomic E-state index is 13.8. The SMILES string of the molecule is COC(=O)N1C(=O)[C@H]2[C@H](CC=C3[C@H]2C[C@@]2(Cl)C(=O)N(CBr)C(=O)[C@@]2(Cl)[C@H]3c2cc(OC)c(O)c(Br)c2Br)C1=O. The average molecular weight is 774 g/mol. The molecule has 3 fully saturated rings. The number of fused-ring (bicyclic) bond motifs is 4. The molecule has 5 rings (SSSR count). The van der Waals surface area contributed by atoms with Crippen molar-refractivity contribution in [1.29, 1.82) is 0 Å². The summed E-state index contributed by atoms with van der Waals surface area (Å²) in [6, 6.07) is 1.47. The first-order chi connectivity index (χ1) is 18.3. The van der Waals surface area contributed by atoms with Crippen LogP contribution in [0, 0.1) is 17.8 Å². The number of alkyl halides is 3. The third-order valence-corrected chi connectivity index (χ3v) is 12.2. The van der Waals surface area contributed by atoms with Crippen LogP contribution in [0.5, 0.6) is 11.5 Å². The number of carbonyl (C=O) groups is 5. The van der Waals surface area contributed by atoms with Crippen LogP contribution in [0.15, 0.2) is 26.7 Å². The van der Waals surface area contributed by atoms with Crippen LogP contribution in [-0.4, -0.2) is 74.1 Å². The van der Waals surface area contributed by atoms with Gasteiger partial charge in [0.2, 0.25) is 11.8 Å². The molecule has 1 aromatic rings. The number of amides is 5. The number of carbonyl (C=O) groups excluding carboxylic acids is 5. The van der Waals surface area contributed by atoms with E-state index < -0.39 is 63.1 Å². The third kappa shape index (κ3) is 3.58. The Kier molecular flexibility index (Phi) is 7.18. The fraction of sp³-hybridized carbons (Fsp3) is 0.458. The lowest BCUT2D eigenvalue weighted by Crippen LogP contribution is -2.60. The van der Waals surface area contributed by atoms with Crippen LogP contribution in [0.4, 0.5) is 4.79 Å². The molecule has 2 heterocycles. The van der Waals surface area contributed by atoms with Crippen LogP contribution < -0.4 is 4.74 Å². The number of hydrogen-bond acceptors (Lipinski definition) is 8. The first kappa shape index (κ1) is 28.8. The molecule has 5 amide bonds. The molecule has 0 aromatic heterocycles. The van der Waals surface area contributed by atoms with Crippen molar-refractivity contribution >= 4 is 101 Å². The van der Waals surface area contributed by atoms with Crippen LogP contribution in [0.1, 0.15) is 24.3 Å². The van der Waals surface area contributed by atoms with Gasteiger partial charge in [-0.15, -0.1) is 23.2 Å². The van der Waals surface area contributed by atoms with Crippen LogP contribution >= 0.6 is 71.0 Å². The van der Waals surface area contributed by atoms with Gasteiger partial charge in [-0.25, -0.2) is 4.79 Å². The number of nitrogens with zero attached hydrogens (tertiary/aromatic N) is 2. The second-order valence-electron chi connectivity index (χ2n) is 9.61. The number of benzene rings is 1. The monoisotopic (exact) mass is 770 g/mol. The van der Waals surface area contributed by atoms with Crippen LogP contribution in [0.25, 0.3) is 0 Å². The summed E-state index contributed by atoms with van der Waals surface area (Å²) < 4.78 is 10.5. The lowest BCUT2D eigenvalue weighted by Gasteiger charge is -2.51. The second-order valence-corrected chi connectivity index (χ2v) is 12.9. The van der Waals surface area contributed by atoms with E-state index in [1.54, 1.807) is 6.08 Å². The van der Waals surface area contributed by atoms with E-state index in [2.05, 4.69) is 52.5 Å². The highest BCUT2D eigenvalue weighted by molar-refractivity contribution is 9.13. The second kappa shape index (κ2) is 9.71. The maximum atomic E-state index is 13.8.